The lowest BCUT2D eigenvalue weighted by Gasteiger charge is -2.44. The fourth-order valence-corrected chi connectivity index (χ4v) is 7.68. The molecule has 4 fully saturated rings. The van der Waals surface area contributed by atoms with Crippen LogP contribution >= 0.6 is 0 Å². The standard InChI is InChI=1S/C32H45NO4/c1-5-25-19-33-30(37-25)32(15-16-32)29(36)13-8-20(2)26-11-12-27-22(7-6-14-31(26,27)4)9-10-23-17-24(34)18-28(35)21(23)3/h8-10,13,19-20,24,26-29,34-36H,3,5-7,11-12,14-18H2,1-2,4H3/b13-8+,22-9+,23-10-/t20-,24-,26-,27-,28+,29-,31-/m1/s1. The molecule has 0 bridgehead atoms. The van der Waals surface area contributed by atoms with Crippen LogP contribution in [0.2, 0.25) is 0 Å². The average Bonchev–Trinajstić information content (AvgIpc) is 3.39. The molecule has 4 aliphatic carbocycles. The van der Waals surface area contributed by atoms with Crippen molar-refractivity contribution in [1.82, 2.24) is 4.98 Å². The lowest BCUT2D eigenvalue weighted by molar-refractivity contribution is 0.0862. The smallest absolute Gasteiger partial charge is 0.203 e. The number of hydrogen-bond donors (Lipinski definition) is 3. The van der Waals surface area contributed by atoms with Gasteiger partial charge in [-0.15, -0.1) is 0 Å². The first-order valence-corrected chi connectivity index (χ1v) is 14.4. The first-order valence-electron chi connectivity index (χ1n) is 14.4. The highest BCUT2D eigenvalue weighted by Crippen LogP contribution is 2.60. The van der Waals surface area contributed by atoms with Gasteiger partial charge in [0.05, 0.1) is 29.9 Å². The molecule has 37 heavy (non-hydrogen) atoms. The van der Waals surface area contributed by atoms with Crippen LogP contribution in [0, 0.1) is 23.2 Å². The van der Waals surface area contributed by atoms with Crippen molar-refractivity contribution in [2.75, 3.05) is 0 Å². The van der Waals surface area contributed by atoms with Gasteiger partial charge in [0.25, 0.3) is 0 Å². The van der Waals surface area contributed by atoms with Crippen LogP contribution in [0.5, 0.6) is 0 Å². The minimum Gasteiger partial charge on any atom is -0.445 e. The van der Waals surface area contributed by atoms with Crippen LogP contribution in [0.25, 0.3) is 0 Å². The van der Waals surface area contributed by atoms with E-state index in [1.165, 1.54) is 31.3 Å². The van der Waals surface area contributed by atoms with Gasteiger partial charge in [0.2, 0.25) is 5.89 Å². The number of hydrogen-bond acceptors (Lipinski definition) is 5. The van der Waals surface area contributed by atoms with Gasteiger partial charge in [-0.2, -0.15) is 0 Å². The maximum Gasteiger partial charge on any atom is 0.203 e. The molecule has 5 nitrogen and oxygen atoms in total. The summed E-state index contributed by atoms with van der Waals surface area (Å²) in [4.78, 5) is 4.48. The molecule has 3 N–H and O–H groups in total. The molecule has 7 atom stereocenters. The molecule has 1 aromatic rings. The largest absolute Gasteiger partial charge is 0.445 e. The lowest BCUT2D eigenvalue weighted by atomic mass is 9.61. The van der Waals surface area contributed by atoms with Crippen molar-refractivity contribution in [3.63, 3.8) is 0 Å². The van der Waals surface area contributed by atoms with Crippen LogP contribution in [-0.4, -0.2) is 38.6 Å². The van der Waals surface area contributed by atoms with Crippen LogP contribution in [-0.2, 0) is 11.8 Å². The van der Waals surface area contributed by atoms with Crippen LogP contribution in [0.1, 0.15) is 90.2 Å². The molecular formula is C32H45NO4. The Labute approximate surface area is 222 Å². The van der Waals surface area contributed by atoms with E-state index in [0.29, 0.717) is 36.5 Å². The minimum atomic E-state index is -0.643. The molecule has 0 aliphatic heterocycles. The summed E-state index contributed by atoms with van der Waals surface area (Å²) in [7, 11) is 0. The highest BCUT2D eigenvalue weighted by atomic mass is 16.4. The van der Waals surface area contributed by atoms with E-state index in [1.54, 1.807) is 6.20 Å². The molecule has 5 heteroatoms. The first-order chi connectivity index (χ1) is 17.7. The molecule has 202 valence electrons. The normalized spacial score (nSPS) is 37.3. The van der Waals surface area contributed by atoms with Gasteiger partial charge in [0.1, 0.15) is 5.76 Å². The van der Waals surface area contributed by atoms with E-state index in [-0.39, 0.29) is 10.8 Å². The summed E-state index contributed by atoms with van der Waals surface area (Å²) in [6.07, 6.45) is 18.3. The highest BCUT2D eigenvalue weighted by molar-refractivity contribution is 5.38. The van der Waals surface area contributed by atoms with Gasteiger partial charge in [0.15, 0.2) is 0 Å². The molecular weight excluding hydrogens is 462 g/mol. The van der Waals surface area contributed by atoms with Gasteiger partial charge >= 0.3 is 0 Å². The van der Waals surface area contributed by atoms with Crippen molar-refractivity contribution in [2.24, 2.45) is 23.2 Å². The summed E-state index contributed by atoms with van der Waals surface area (Å²) in [5, 5.41) is 31.4. The first kappa shape index (κ1) is 26.6. The summed E-state index contributed by atoms with van der Waals surface area (Å²) in [6, 6.07) is 0. The molecule has 0 saturated heterocycles. The number of oxazole rings is 1. The Morgan fingerprint density at radius 2 is 1.97 bits per heavy atom. The number of rotatable bonds is 7. The van der Waals surface area contributed by atoms with Crippen molar-refractivity contribution < 1.29 is 19.7 Å². The molecule has 5 rings (SSSR count). The number of aryl methyl sites for hydroxylation is 1. The molecule has 4 saturated carbocycles. The number of nitrogens with zero attached hydrogens (tertiary/aromatic N) is 1. The summed E-state index contributed by atoms with van der Waals surface area (Å²) in [6.45, 7) is 10.9. The predicted octanol–water partition coefficient (Wildman–Crippen LogP) is 5.96. The second kappa shape index (κ2) is 10.3. The van der Waals surface area contributed by atoms with Crippen LogP contribution < -0.4 is 0 Å². The molecule has 4 aliphatic rings. The summed E-state index contributed by atoms with van der Waals surface area (Å²) >= 11 is 0. The Hall–Kier alpha value is -1.95. The average molecular weight is 508 g/mol. The number of aliphatic hydroxyl groups excluding tert-OH is 3. The second-order valence-electron chi connectivity index (χ2n) is 12.5. The molecule has 0 spiro atoms. The number of aliphatic hydroxyl groups is 3. The van der Waals surface area contributed by atoms with Gasteiger partial charge in [0, 0.05) is 12.8 Å². The third kappa shape index (κ3) is 4.95. The molecule has 1 heterocycles. The second-order valence-corrected chi connectivity index (χ2v) is 12.5. The minimum absolute atomic E-state index is 0.246. The fraction of sp³-hybridized carbons (Fsp3) is 0.656. The molecule has 0 aromatic carbocycles. The summed E-state index contributed by atoms with van der Waals surface area (Å²) < 4.78 is 5.92. The van der Waals surface area contributed by atoms with Crippen LogP contribution in [0.15, 0.2) is 58.2 Å². The van der Waals surface area contributed by atoms with Gasteiger partial charge in [-0.25, -0.2) is 4.98 Å². The number of aromatic nitrogens is 1. The van der Waals surface area contributed by atoms with Gasteiger partial charge < -0.3 is 19.7 Å². The molecule has 0 radical (unpaired) electrons. The lowest BCUT2D eigenvalue weighted by Crippen LogP contribution is -2.35. The van der Waals surface area contributed by atoms with E-state index in [0.717, 1.165) is 42.6 Å². The highest BCUT2D eigenvalue weighted by Gasteiger charge is 2.54. The number of fused-ring (bicyclic) bond motifs is 1. The van der Waals surface area contributed by atoms with Crippen molar-refractivity contribution in [1.29, 1.82) is 0 Å². The quantitative estimate of drug-likeness (QED) is 0.396. The third-order valence-electron chi connectivity index (χ3n) is 10.2. The Kier molecular flexibility index (Phi) is 7.43. The van der Waals surface area contributed by atoms with Crippen molar-refractivity contribution in [3.05, 3.63) is 65.5 Å². The zero-order valence-corrected chi connectivity index (χ0v) is 22.8. The summed E-state index contributed by atoms with van der Waals surface area (Å²) in [5.41, 5.74) is 3.15. The zero-order valence-electron chi connectivity index (χ0n) is 22.8. The Bertz CT molecular complexity index is 1090. The summed E-state index contributed by atoms with van der Waals surface area (Å²) in [5.74, 6) is 3.10. The molecule has 0 unspecified atom stereocenters. The van der Waals surface area contributed by atoms with Crippen molar-refractivity contribution in [3.8, 4) is 0 Å². The monoisotopic (exact) mass is 507 g/mol. The van der Waals surface area contributed by atoms with E-state index in [2.05, 4.69) is 50.6 Å². The Morgan fingerprint density at radius 3 is 2.68 bits per heavy atom. The molecule has 1 aromatic heterocycles. The van der Waals surface area contributed by atoms with E-state index >= 15 is 0 Å². The maximum absolute atomic E-state index is 11.1. The maximum atomic E-state index is 11.1. The third-order valence-corrected chi connectivity index (χ3v) is 10.2. The number of allylic oxidation sites excluding steroid dienone is 4. The molecule has 0 amide bonds. The van der Waals surface area contributed by atoms with E-state index in [9.17, 15) is 15.3 Å². The SMILES string of the molecule is C=C1/C(=C\C=C2/CCC[C@@]3(C)[C@@H]2CC[C@@H]3[C@H](C)/C=C/[C@@H](O)C2(c3ncc(CC)o3)CC2)C[C@@H](O)C[C@@H]1O. The Balaban J connectivity index is 1.28. The van der Waals surface area contributed by atoms with Crippen molar-refractivity contribution in [2.45, 2.75) is 109 Å². The van der Waals surface area contributed by atoms with E-state index in [1.807, 2.05) is 6.08 Å². The van der Waals surface area contributed by atoms with Gasteiger partial charge in [-0.05, 0) is 85.7 Å². The topological polar surface area (TPSA) is 86.7 Å². The van der Waals surface area contributed by atoms with Gasteiger partial charge in [-0.3, -0.25) is 0 Å². The fourth-order valence-electron chi connectivity index (χ4n) is 7.68. The zero-order chi connectivity index (χ0) is 26.4. The van der Waals surface area contributed by atoms with Crippen molar-refractivity contribution >= 4 is 0 Å². The van der Waals surface area contributed by atoms with E-state index < -0.39 is 18.3 Å². The predicted molar refractivity (Wildman–Crippen MR) is 146 cm³/mol. The Morgan fingerprint density at radius 1 is 1.19 bits per heavy atom. The van der Waals surface area contributed by atoms with Crippen LogP contribution in [0.4, 0.5) is 0 Å². The van der Waals surface area contributed by atoms with E-state index in [4.69, 9.17) is 4.42 Å². The van der Waals surface area contributed by atoms with Crippen LogP contribution in [0.3, 0.4) is 0 Å². The van der Waals surface area contributed by atoms with Gasteiger partial charge in [-0.1, -0.05) is 57.2 Å².